The number of aromatic amines is 1. The molecule has 1 aliphatic rings. The molecule has 0 bridgehead atoms. The molecule has 0 aliphatic heterocycles. The molecule has 0 unspecified atom stereocenters. The van der Waals surface area contributed by atoms with Gasteiger partial charge in [-0.05, 0) is 19.3 Å². The third-order valence-corrected chi connectivity index (χ3v) is 3.52. The van der Waals surface area contributed by atoms with E-state index in [0.717, 1.165) is 37.9 Å². The minimum absolute atomic E-state index is 0.115. The van der Waals surface area contributed by atoms with Crippen LogP contribution in [0, 0.1) is 5.41 Å². The van der Waals surface area contributed by atoms with Gasteiger partial charge in [-0.25, -0.2) is 4.98 Å². The van der Waals surface area contributed by atoms with Crippen LogP contribution < -0.4 is 11.1 Å². The summed E-state index contributed by atoms with van der Waals surface area (Å²) < 4.78 is 0. The molecule has 0 saturated heterocycles. The molecule has 6 heteroatoms. The Hall–Kier alpha value is -1.43. The fourth-order valence-corrected chi connectivity index (χ4v) is 2.12. The maximum atomic E-state index is 11.9. The molecule has 94 valence electrons. The minimum Gasteiger partial charge on any atom is -0.356 e. The van der Waals surface area contributed by atoms with Crippen molar-refractivity contribution in [2.45, 2.75) is 32.1 Å². The van der Waals surface area contributed by atoms with Crippen molar-refractivity contribution in [3.8, 4) is 0 Å². The van der Waals surface area contributed by atoms with Crippen LogP contribution in [0.25, 0.3) is 0 Å². The van der Waals surface area contributed by atoms with Crippen LogP contribution in [0.3, 0.4) is 0 Å². The summed E-state index contributed by atoms with van der Waals surface area (Å²) in [6.45, 7) is 1.13. The van der Waals surface area contributed by atoms with Gasteiger partial charge in [-0.15, -0.1) is 0 Å². The van der Waals surface area contributed by atoms with Gasteiger partial charge in [0.05, 0.1) is 5.41 Å². The quantitative estimate of drug-likeness (QED) is 0.606. The fraction of sp³-hybridized carbons (Fsp3) is 0.727. The zero-order chi connectivity index (χ0) is 12.1. The second-order valence-electron chi connectivity index (χ2n) is 4.63. The molecule has 4 N–H and O–H groups in total. The van der Waals surface area contributed by atoms with E-state index in [0.29, 0.717) is 13.1 Å². The summed E-state index contributed by atoms with van der Waals surface area (Å²) in [5, 5.41) is 9.52. The van der Waals surface area contributed by atoms with Crippen LogP contribution in [0.15, 0.2) is 6.33 Å². The van der Waals surface area contributed by atoms with E-state index in [1.54, 1.807) is 0 Å². The number of nitrogens with two attached hydrogens (primary N) is 1. The first-order valence-corrected chi connectivity index (χ1v) is 6.09. The van der Waals surface area contributed by atoms with E-state index in [2.05, 4.69) is 20.5 Å². The largest absolute Gasteiger partial charge is 0.356 e. The molecule has 1 aromatic rings. The first-order valence-electron chi connectivity index (χ1n) is 6.09. The van der Waals surface area contributed by atoms with Crippen molar-refractivity contribution in [1.29, 1.82) is 0 Å². The van der Waals surface area contributed by atoms with Gasteiger partial charge >= 0.3 is 0 Å². The Kier molecular flexibility index (Phi) is 3.73. The van der Waals surface area contributed by atoms with Crippen molar-refractivity contribution in [3.05, 3.63) is 12.2 Å². The molecule has 1 amide bonds. The maximum absolute atomic E-state index is 11.9. The van der Waals surface area contributed by atoms with Crippen molar-refractivity contribution < 1.29 is 4.79 Å². The van der Waals surface area contributed by atoms with E-state index in [1.165, 1.54) is 6.33 Å². The van der Waals surface area contributed by atoms with Crippen LogP contribution in [0.5, 0.6) is 0 Å². The van der Waals surface area contributed by atoms with Gasteiger partial charge < -0.3 is 11.1 Å². The fourth-order valence-electron chi connectivity index (χ4n) is 2.12. The number of amides is 1. The first kappa shape index (κ1) is 12.0. The monoisotopic (exact) mass is 237 g/mol. The van der Waals surface area contributed by atoms with E-state index in [4.69, 9.17) is 5.73 Å². The van der Waals surface area contributed by atoms with Gasteiger partial charge in [-0.3, -0.25) is 9.89 Å². The number of hydrogen-bond donors (Lipinski definition) is 3. The third-order valence-electron chi connectivity index (χ3n) is 3.52. The van der Waals surface area contributed by atoms with Crippen molar-refractivity contribution in [2.24, 2.45) is 11.1 Å². The van der Waals surface area contributed by atoms with E-state index in [-0.39, 0.29) is 11.3 Å². The Labute approximate surface area is 100 Å². The Balaban J connectivity index is 1.66. The highest BCUT2D eigenvalue weighted by molar-refractivity contribution is 5.83. The first-order chi connectivity index (χ1) is 8.27. The molecular formula is C11H19N5O. The van der Waals surface area contributed by atoms with Crippen LogP contribution in [0.1, 0.15) is 31.5 Å². The predicted octanol–water partition coefficient (Wildman–Crippen LogP) is -0.0175. The lowest BCUT2D eigenvalue weighted by atomic mass is 9.68. The highest BCUT2D eigenvalue weighted by atomic mass is 16.2. The average Bonchev–Trinajstić information content (AvgIpc) is 2.76. The summed E-state index contributed by atoms with van der Waals surface area (Å²) in [5.74, 6) is 0.972. The number of rotatable bonds is 6. The molecule has 6 nitrogen and oxygen atoms in total. The molecular weight excluding hydrogens is 218 g/mol. The minimum atomic E-state index is -0.272. The topological polar surface area (TPSA) is 96.7 Å². The van der Waals surface area contributed by atoms with E-state index in [9.17, 15) is 4.79 Å². The highest BCUT2D eigenvalue weighted by Crippen LogP contribution is 2.39. The second-order valence-corrected chi connectivity index (χ2v) is 4.63. The lowest BCUT2D eigenvalue weighted by molar-refractivity contribution is -0.135. The number of hydrogen-bond acceptors (Lipinski definition) is 4. The highest BCUT2D eigenvalue weighted by Gasteiger charge is 2.42. The number of carbonyl (C=O) groups is 1. The van der Waals surface area contributed by atoms with Gasteiger partial charge in [0.2, 0.25) is 5.91 Å². The zero-order valence-corrected chi connectivity index (χ0v) is 9.91. The van der Waals surface area contributed by atoms with Crippen LogP contribution in [-0.4, -0.2) is 34.2 Å². The van der Waals surface area contributed by atoms with E-state index >= 15 is 0 Å². The summed E-state index contributed by atoms with van der Waals surface area (Å²) >= 11 is 0. The van der Waals surface area contributed by atoms with Gasteiger partial charge in [-0.2, -0.15) is 5.10 Å². The zero-order valence-electron chi connectivity index (χ0n) is 9.91. The summed E-state index contributed by atoms with van der Waals surface area (Å²) in [6, 6.07) is 0. The predicted molar refractivity (Wildman–Crippen MR) is 63.1 cm³/mol. The summed E-state index contributed by atoms with van der Waals surface area (Å²) in [6.07, 6.45) is 6.13. The molecule has 0 radical (unpaired) electrons. The van der Waals surface area contributed by atoms with E-state index in [1.807, 2.05) is 0 Å². The lowest BCUT2D eigenvalue weighted by Crippen LogP contribution is -2.50. The molecule has 1 aliphatic carbocycles. The van der Waals surface area contributed by atoms with Crippen molar-refractivity contribution in [1.82, 2.24) is 20.5 Å². The lowest BCUT2D eigenvalue weighted by Gasteiger charge is -2.39. The Morgan fingerprint density at radius 2 is 2.41 bits per heavy atom. The third kappa shape index (κ3) is 2.63. The number of H-pyrrole nitrogens is 1. The van der Waals surface area contributed by atoms with Gasteiger partial charge in [0, 0.05) is 19.5 Å². The molecule has 1 saturated carbocycles. The number of aryl methyl sites for hydroxylation is 1. The van der Waals surface area contributed by atoms with Crippen molar-refractivity contribution in [2.75, 3.05) is 13.1 Å². The average molecular weight is 237 g/mol. The Morgan fingerprint density at radius 1 is 1.59 bits per heavy atom. The second kappa shape index (κ2) is 5.27. The van der Waals surface area contributed by atoms with Crippen LogP contribution >= 0.6 is 0 Å². The van der Waals surface area contributed by atoms with Crippen molar-refractivity contribution in [3.63, 3.8) is 0 Å². The number of nitrogens with zero attached hydrogens (tertiary/aromatic N) is 2. The standard InChI is InChI=1S/C11H19N5O/c12-7-11(4-2-5-11)10(17)13-6-1-3-9-14-8-15-16-9/h8H,1-7,12H2,(H,13,17)(H,14,15,16). The molecule has 0 aromatic carbocycles. The summed E-state index contributed by atoms with van der Waals surface area (Å²) in [4.78, 5) is 15.9. The molecule has 17 heavy (non-hydrogen) atoms. The van der Waals surface area contributed by atoms with E-state index < -0.39 is 0 Å². The molecule has 2 rings (SSSR count). The van der Waals surface area contributed by atoms with Crippen LogP contribution in [0.2, 0.25) is 0 Å². The smallest absolute Gasteiger partial charge is 0.227 e. The Bertz CT molecular complexity index is 352. The SMILES string of the molecule is NCC1(C(=O)NCCCc2ncn[nH]2)CCC1. The Morgan fingerprint density at radius 3 is 2.94 bits per heavy atom. The number of aromatic nitrogens is 3. The maximum Gasteiger partial charge on any atom is 0.227 e. The van der Waals surface area contributed by atoms with Gasteiger partial charge in [0.15, 0.2) is 0 Å². The normalized spacial score (nSPS) is 17.5. The van der Waals surface area contributed by atoms with Crippen molar-refractivity contribution >= 4 is 5.91 Å². The number of carbonyl (C=O) groups excluding carboxylic acids is 1. The van der Waals surface area contributed by atoms with Gasteiger partial charge in [-0.1, -0.05) is 6.42 Å². The molecule has 0 atom stereocenters. The molecule has 0 spiro atoms. The van der Waals surface area contributed by atoms with Crippen LogP contribution in [-0.2, 0) is 11.2 Å². The summed E-state index contributed by atoms with van der Waals surface area (Å²) in [5.41, 5.74) is 5.40. The molecule has 1 heterocycles. The van der Waals surface area contributed by atoms with Gasteiger partial charge in [0.25, 0.3) is 0 Å². The van der Waals surface area contributed by atoms with Gasteiger partial charge in [0.1, 0.15) is 12.2 Å². The number of nitrogens with one attached hydrogen (secondary N) is 2. The molecule has 1 fully saturated rings. The molecule has 1 aromatic heterocycles. The summed E-state index contributed by atoms with van der Waals surface area (Å²) in [7, 11) is 0. The van der Waals surface area contributed by atoms with Crippen LogP contribution in [0.4, 0.5) is 0 Å².